The lowest BCUT2D eigenvalue weighted by atomic mass is 9.98. The van der Waals surface area contributed by atoms with Crippen LogP contribution in [-0.2, 0) is 28.4 Å². The highest BCUT2D eigenvalue weighted by Crippen LogP contribution is 2.32. The predicted molar refractivity (Wildman–Crippen MR) is 151 cm³/mol. The Kier molecular flexibility index (Phi) is 15.8. The fourth-order valence-electron chi connectivity index (χ4n) is 5.10. The molecule has 0 spiro atoms. The summed E-state index contributed by atoms with van der Waals surface area (Å²) < 4.78 is 31.3. The van der Waals surface area contributed by atoms with E-state index in [0.717, 1.165) is 0 Å². The summed E-state index contributed by atoms with van der Waals surface area (Å²) in [6.07, 6.45) is -25.0. The second-order valence-corrected chi connectivity index (χ2v) is 13.1. The van der Waals surface area contributed by atoms with Crippen molar-refractivity contribution in [1.82, 2.24) is 0 Å². The molecular weight excluding hydrogens is 768 g/mol. The van der Waals surface area contributed by atoms with E-state index >= 15 is 0 Å². The number of rotatable bonds is 8. The van der Waals surface area contributed by atoms with Gasteiger partial charge in [0.05, 0.1) is 36.1 Å². The quantitative estimate of drug-likeness (QED) is 0.101. The van der Waals surface area contributed by atoms with E-state index in [1.165, 1.54) is 0 Å². The molecule has 0 radical (unpaired) electrons. The van der Waals surface area contributed by atoms with Crippen molar-refractivity contribution in [2.45, 2.75) is 120 Å². The SMILES string of the molecule is OCC1OC(O[C@H]2C(CO)OC(O)[C@@H](Br)[C@H]2O)[C@@H](O)[C@@H](O)[C@H]1O.OCC1OC(O[C@H]2C(CO)OC(O)[C@H](Br)[C@H]2O)[C@@H](O)[C@@H](O)[C@H]1O. The third kappa shape index (κ3) is 8.90. The van der Waals surface area contributed by atoms with Crippen molar-refractivity contribution in [2.24, 2.45) is 0 Å². The number of hydrogen-bond acceptors (Lipinski definition) is 20. The zero-order valence-electron chi connectivity index (χ0n) is 23.8. The van der Waals surface area contributed by atoms with E-state index in [9.17, 15) is 61.3 Å². The topological polar surface area (TPSA) is 339 Å². The number of aliphatic hydroxyl groups is 14. The molecule has 4 fully saturated rings. The van der Waals surface area contributed by atoms with Gasteiger partial charge in [0, 0.05) is 0 Å². The minimum atomic E-state index is -1.65. The van der Waals surface area contributed by atoms with E-state index in [1.807, 2.05) is 0 Å². The summed E-state index contributed by atoms with van der Waals surface area (Å²) in [5.74, 6) is 0. The zero-order valence-corrected chi connectivity index (χ0v) is 27.0. The molecule has 4 rings (SSSR count). The molecule has 46 heavy (non-hydrogen) atoms. The molecule has 0 aliphatic carbocycles. The molecule has 0 saturated carbocycles. The van der Waals surface area contributed by atoms with E-state index in [-0.39, 0.29) is 0 Å². The molecule has 4 heterocycles. The molecule has 272 valence electrons. The molecule has 20 nitrogen and oxygen atoms in total. The van der Waals surface area contributed by atoms with Crippen molar-refractivity contribution in [2.75, 3.05) is 26.4 Å². The van der Waals surface area contributed by atoms with Crippen LogP contribution in [-0.4, -0.2) is 218 Å². The molecule has 0 aromatic heterocycles. The molecule has 0 aromatic rings. The van der Waals surface area contributed by atoms with Crippen LogP contribution in [0.1, 0.15) is 0 Å². The van der Waals surface area contributed by atoms with E-state index in [4.69, 9.17) is 38.6 Å². The summed E-state index contributed by atoms with van der Waals surface area (Å²) in [7, 11) is 0. The summed E-state index contributed by atoms with van der Waals surface area (Å²) in [4.78, 5) is -1.83. The van der Waals surface area contributed by atoms with Gasteiger partial charge in [-0.1, -0.05) is 31.9 Å². The molecule has 8 unspecified atom stereocenters. The summed E-state index contributed by atoms with van der Waals surface area (Å²) in [6.45, 7) is -2.43. The van der Waals surface area contributed by atoms with Crippen LogP contribution in [0.15, 0.2) is 0 Å². The van der Waals surface area contributed by atoms with Crippen LogP contribution in [0.4, 0.5) is 0 Å². The number of aliphatic hydroxyl groups excluding tert-OH is 14. The Balaban J connectivity index is 0.000000250. The first-order valence-electron chi connectivity index (χ1n) is 14.1. The minimum Gasteiger partial charge on any atom is -0.394 e. The third-order valence-electron chi connectivity index (χ3n) is 7.87. The summed E-state index contributed by atoms with van der Waals surface area (Å²) >= 11 is 6.05. The standard InChI is InChI=1S/2C12H21BrO10/c2*13-5-7(17)10(4(2-15)21-11(5)20)23-12-9(19)8(18)6(16)3(1-14)22-12/h2*3-12,14-20H,1-2H2/t3?,4?,5-,6+,7-,8+,9+,10+,11?,12?;3?,4?,5-,6-,7+,8-,9-,10-,11?,12?/m10/s1. The molecule has 0 amide bonds. The van der Waals surface area contributed by atoms with Gasteiger partial charge in [-0.3, -0.25) is 0 Å². The molecule has 4 saturated heterocycles. The molecule has 4 aliphatic rings. The van der Waals surface area contributed by atoms with E-state index < -0.39 is 147 Å². The predicted octanol–water partition coefficient (Wildman–Crippen LogP) is -7.99. The van der Waals surface area contributed by atoms with Crippen molar-refractivity contribution in [3.05, 3.63) is 0 Å². The first-order chi connectivity index (χ1) is 21.6. The van der Waals surface area contributed by atoms with Crippen LogP contribution in [0.2, 0.25) is 0 Å². The van der Waals surface area contributed by atoms with Gasteiger partial charge in [0.2, 0.25) is 0 Å². The van der Waals surface area contributed by atoms with Gasteiger partial charge in [-0.2, -0.15) is 0 Å². The smallest absolute Gasteiger partial charge is 0.187 e. The number of alkyl halides is 2. The third-order valence-corrected chi connectivity index (χ3v) is 9.86. The van der Waals surface area contributed by atoms with Crippen molar-refractivity contribution < 1.29 is 99.9 Å². The summed E-state index contributed by atoms with van der Waals surface area (Å²) in [6, 6.07) is 0. The van der Waals surface area contributed by atoms with E-state index in [1.54, 1.807) is 0 Å². The minimum absolute atomic E-state index is 0.587. The average molecular weight is 810 g/mol. The van der Waals surface area contributed by atoms with Crippen LogP contribution in [0.3, 0.4) is 0 Å². The van der Waals surface area contributed by atoms with Crippen LogP contribution >= 0.6 is 31.9 Å². The lowest BCUT2D eigenvalue weighted by Crippen LogP contribution is -2.63. The second kappa shape index (κ2) is 17.9. The lowest BCUT2D eigenvalue weighted by molar-refractivity contribution is -0.340. The summed E-state index contributed by atoms with van der Waals surface area (Å²) in [5, 5.41) is 135. The number of halogens is 2. The highest BCUT2D eigenvalue weighted by Gasteiger charge is 2.51. The summed E-state index contributed by atoms with van der Waals surface area (Å²) in [5.41, 5.74) is 0. The van der Waals surface area contributed by atoms with Gasteiger partial charge in [-0.25, -0.2) is 0 Å². The fraction of sp³-hybridized carbons (Fsp3) is 1.00. The Labute approximate surface area is 278 Å². The van der Waals surface area contributed by atoms with Crippen molar-refractivity contribution in [3.8, 4) is 0 Å². The Morgan fingerprint density at radius 1 is 0.391 bits per heavy atom. The first kappa shape index (κ1) is 40.6. The first-order valence-corrected chi connectivity index (χ1v) is 15.9. The highest BCUT2D eigenvalue weighted by atomic mass is 79.9. The molecular formula is C24H42Br2O20. The van der Waals surface area contributed by atoms with Crippen LogP contribution in [0.25, 0.3) is 0 Å². The number of ether oxygens (including phenoxy) is 6. The van der Waals surface area contributed by atoms with Gasteiger partial charge in [-0.15, -0.1) is 0 Å². The number of hydrogen-bond donors (Lipinski definition) is 14. The van der Waals surface area contributed by atoms with Gasteiger partial charge in [0.25, 0.3) is 0 Å². The Hall–Kier alpha value is 0.160. The van der Waals surface area contributed by atoms with Gasteiger partial charge in [0.1, 0.15) is 85.5 Å². The molecule has 20 atom stereocenters. The monoisotopic (exact) mass is 808 g/mol. The second-order valence-electron chi connectivity index (χ2n) is 11.0. The van der Waals surface area contributed by atoms with E-state index in [0.29, 0.717) is 0 Å². The Morgan fingerprint density at radius 3 is 0.978 bits per heavy atom. The maximum atomic E-state index is 10.1. The molecule has 0 bridgehead atoms. The normalized spacial score (nSPS) is 51.7. The van der Waals surface area contributed by atoms with Gasteiger partial charge < -0.3 is 99.9 Å². The average Bonchev–Trinajstić information content (AvgIpc) is 3.05. The molecule has 0 aromatic carbocycles. The van der Waals surface area contributed by atoms with Crippen molar-refractivity contribution in [3.63, 3.8) is 0 Å². The molecule has 22 heteroatoms. The van der Waals surface area contributed by atoms with Crippen LogP contribution < -0.4 is 0 Å². The Morgan fingerprint density at radius 2 is 0.696 bits per heavy atom. The van der Waals surface area contributed by atoms with Gasteiger partial charge >= 0.3 is 0 Å². The van der Waals surface area contributed by atoms with Crippen molar-refractivity contribution >= 4 is 31.9 Å². The highest BCUT2D eigenvalue weighted by molar-refractivity contribution is 9.09. The molecule has 4 aliphatic heterocycles. The van der Waals surface area contributed by atoms with E-state index in [2.05, 4.69) is 31.9 Å². The van der Waals surface area contributed by atoms with Gasteiger partial charge in [0.15, 0.2) is 25.2 Å². The van der Waals surface area contributed by atoms with Crippen LogP contribution in [0.5, 0.6) is 0 Å². The van der Waals surface area contributed by atoms with Gasteiger partial charge in [-0.05, 0) is 0 Å². The van der Waals surface area contributed by atoms with Crippen LogP contribution in [0, 0.1) is 0 Å². The maximum Gasteiger partial charge on any atom is 0.187 e. The fourth-order valence-corrected chi connectivity index (χ4v) is 5.95. The van der Waals surface area contributed by atoms with Crippen molar-refractivity contribution in [1.29, 1.82) is 0 Å². The largest absolute Gasteiger partial charge is 0.394 e. The maximum absolute atomic E-state index is 10.1. The lowest BCUT2D eigenvalue weighted by Gasteiger charge is -2.45. The zero-order chi connectivity index (χ0) is 34.6. The molecule has 14 N–H and O–H groups in total. The Bertz CT molecular complexity index is 836.